The number of hydrogen-bond donors (Lipinski definition) is 2. The molecule has 112 valence electrons. The van der Waals surface area contributed by atoms with Gasteiger partial charge in [0.05, 0.1) is 0 Å². The third kappa shape index (κ3) is 11.1. The van der Waals surface area contributed by atoms with Crippen LogP contribution in [0.15, 0.2) is 0 Å². The Balaban J connectivity index is 4.05. The van der Waals surface area contributed by atoms with Crippen LogP contribution in [0.3, 0.4) is 0 Å². The van der Waals surface area contributed by atoms with Crippen molar-refractivity contribution in [3.8, 4) is 0 Å². The molecule has 0 aliphatic heterocycles. The second-order valence-corrected chi connectivity index (χ2v) is 7.00. The predicted molar refractivity (Wildman–Crippen MR) is 81.1 cm³/mol. The smallest absolute Gasteiger partial charge is 0.408 e. The summed E-state index contributed by atoms with van der Waals surface area (Å²) in [6, 6.07) is -0.897. The number of alkyl halides is 1. The molecular weight excluding hydrogens is 334 g/mol. The van der Waals surface area contributed by atoms with E-state index in [0.717, 1.165) is 17.5 Å². The lowest BCUT2D eigenvalue weighted by atomic mass is 10.2. The summed E-state index contributed by atoms with van der Waals surface area (Å²) in [6.07, 6.45) is 0.744. The number of alkyl carbamates (subject to hydrolysis) is 1. The van der Waals surface area contributed by atoms with E-state index in [1.165, 1.54) is 0 Å². The molecule has 0 aromatic carbocycles. The molecule has 0 bridgehead atoms. The van der Waals surface area contributed by atoms with Crippen LogP contribution in [0.1, 0.15) is 33.6 Å². The maximum atomic E-state index is 11.5. The Morgan fingerprint density at radius 3 is 2.47 bits per heavy atom. The number of carbonyl (C=O) groups is 2. The zero-order chi connectivity index (χ0) is 14.9. The summed E-state index contributed by atoms with van der Waals surface area (Å²) in [5.41, 5.74) is -0.627. The minimum Gasteiger partial charge on any atom is -0.480 e. The Kier molecular flexibility index (Phi) is 9.26. The summed E-state index contributed by atoms with van der Waals surface area (Å²) in [5.74, 6) is 0.635. The average Bonchev–Trinajstić information content (AvgIpc) is 2.24. The van der Waals surface area contributed by atoms with E-state index in [1.807, 2.05) is 0 Å². The second kappa shape index (κ2) is 9.47. The van der Waals surface area contributed by atoms with Crippen molar-refractivity contribution >= 4 is 39.8 Å². The van der Waals surface area contributed by atoms with E-state index in [9.17, 15) is 9.59 Å². The Hall–Kier alpha value is -0.430. The summed E-state index contributed by atoms with van der Waals surface area (Å²) in [7, 11) is 0. The number of carboxylic acids is 1. The summed E-state index contributed by atoms with van der Waals surface area (Å²) in [5, 5.41) is 12.4. The second-order valence-electron chi connectivity index (χ2n) is 4.98. The molecule has 0 unspecified atom stereocenters. The summed E-state index contributed by atoms with van der Waals surface area (Å²) >= 11 is 5.01. The first-order valence-electron chi connectivity index (χ1n) is 6.12. The number of ether oxygens (including phenoxy) is 1. The highest BCUT2D eigenvalue weighted by Gasteiger charge is 2.23. The van der Waals surface area contributed by atoms with E-state index in [2.05, 4.69) is 21.2 Å². The van der Waals surface area contributed by atoms with Crippen LogP contribution >= 0.6 is 27.7 Å². The van der Waals surface area contributed by atoms with Crippen molar-refractivity contribution in [2.24, 2.45) is 0 Å². The normalized spacial score (nSPS) is 12.8. The third-order valence-electron chi connectivity index (χ3n) is 1.96. The van der Waals surface area contributed by atoms with Crippen LogP contribution in [0.2, 0.25) is 0 Å². The fraction of sp³-hybridized carbons (Fsp3) is 0.833. The Morgan fingerprint density at radius 2 is 2.00 bits per heavy atom. The van der Waals surface area contributed by atoms with E-state index < -0.39 is 23.7 Å². The van der Waals surface area contributed by atoms with Crippen molar-refractivity contribution in [1.82, 2.24) is 5.32 Å². The van der Waals surface area contributed by atoms with E-state index in [4.69, 9.17) is 9.84 Å². The first kappa shape index (κ1) is 18.6. The Labute approximate surface area is 127 Å². The van der Waals surface area contributed by atoms with Gasteiger partial charge in [-0.05, 0) is 45.1 Å². The quantitative estimate of drug-likeness (QED) is 0.517. The van der Waals surface area contributed by atoms with Gasteiger partial charge in [-0.3, -0.25) is 0 Å². The molecule has 5 nitrogen and oxygen atoms in total. The highest BCUT2D eigenvalue weighted by atomic mass is 79.9. The molecule has 0 fully saturated rings. The van der Waals surface area contributed by atoms with Crippen LogP contribution in [0.25, 0.3) is 0 Å². The fourth-order valence-corrected chi connectivity index (χ4v) is 2.77. The molecule has 1 amide bonds. The predicted octanol–water partition coefficient (Wildman–Crippen LogP) is 2.87. The number of halogens is 1. The molecule has 0 aliphatic carbocycles. The number of rotatable bonds is 8. The monoisotopic (exact) mass is 355 g/mol. The van der Waals surface area contributed by atoms with Crippen LogP contribution in [-0.4, -0.2) is 45.6 Å². The molecular formula is C12H22BrNO4S. The zero-order valence-corrected chi connectivity index (χ0v) is 14.0. The molecule has 1 atom stereocenters. The number of aliphatic carboxylic acids is 1. The molecule has 2 N–H and O–H groups in total. The number of carbonyl (C=O) groups excluding carboxylic acids is 1. The molecule has 0 heterocycles. The van der Waals surface area contributed by atoms with Crippen molar-refractivity contribution in [2.75, 3.05) is 16.8 Å². The van der Waals surface area contributed by atoms with Crippen molar-refractivity contribution in [3.05, 3.63) is 0 Å². The minimum atomic E-state index is -1.04. The topological polar surface area (TPSA) is 75.6 Å². The maximum absolute atomic E-state index is 11.5. The minimum absolute atomic E-state index is 0.390. The molecule has 0 saturated heterocycles. The van der Waals surface area contributed by atoms with Gasteiger partial charge in [0, 0.05) is 5.33 Å². The van der Waals surface area contributed by atoms with Gasteiger partial charge in [0.2, 0.25) is 0 Å². The SMILES string of the molecule is CC(C)(C)OC(=O)N[C@@H](CCSCCCBr)C(=O)O. The third-order valence-corrected chi connectivity index (χ3v) is 3.62. The highest BCUT2D eigenvalue weighted by molar-refractivity contribution is 9.09. The van der Waals surface area contributed by atoms with E-state index >= 15 is 0 Å². The fourth-order valence-electron chi connectivity index (χ4n) is 1.17. The van der Waals surface area contributed by atoms with E-state index in [1.54, 1.807) is 32.5 Å². The van der Waals surface area contributed by atoms with Crippen LogP contribution in [0.4, 0.5) is 4.79 Å². The Morgan fingerprint density at radius 1 is 1.37 bits per heavy atom. The van der Waals surface area contributed by atoms with Gasteiger partial charge < -0.3 is 15.2 Å². The Bertz CT molecular complexity index is 294. The van der Waals surface area contributed by atoms with Gasteiger partial charge in [-0.25, -0.2) is 9.59 Å². The first-order valence-corrected chi connectivity index (χ1v) is 8.40. The highest BCUT2D eigenvalue weighted by Crippen LogP contribution is 2.10. The van der Waals surface area contributed by atoms with Crippen LogP contribution in [0.5, 0.6) is 0 Å². The number of nitrogens with one attached hydrogen (secondary N) is 1. The average molecular weight is 356 g/mol. The molecule has 0 rings (SSSR count). The number of carboxylic acid groups (broad SMARTS) is 1. The van der Waals surface area contributed by atoms with Gasteiger partial charge >= 0.3 is 12.1 Å². The van der Waals surface area contributed by atoms with Crippen molar-refractivity contribution in [2.45, 2.75) is 45.3 Å². The van der Waals surface area contributed by atoms with E-state index in [0.29, 0.717) is 12.2 Å². The van der Waals surface area contributed by atoms with Gasteiger partial charge in [-0.1, -0.05) is 15.9 Å². The first-order chi connectivity index (χ1) is 8.76. The molecule has 0 aromatic rings. The molecule has 0 saturated carbocycles. The lowest BCUT2D eigenvalue weighted by Gasteiger charge is -2.21. The lowest BCUT2D eigenvalue weighted by Crippen LogP contribution is -2.43. The molecule has 0 aromatic heterocycles. The van der Waals surface area contributed by atoms with Crippen LogP contribution in [-0.2, 0) is 9.53 Å². The van der Waals surface area contributed by atoms with Crippen molar-refractivity contribution < 1.29 is 19.4 Å². The molecule has 19 heavy (non-hydrogen) atoms. The largest absolute Gasteiger partial charge is 0.480 e. The number of hydrogen-bond acceptors (Lipinski definition) is 4. The van der Waals surface area contributed by atoms with E-state index in [-0.39, 0.29) is 0 Å². The molecule has 0 radical (unpaired) electrons. The van der Waals surface area contributed by atoms with Crippen molar-refractivity contribution in [3.63, 3.8) is 0 Å². The van der Waals surface area contributed by atoms with Crippen molar-refractivity contribution in [1.29, 1.82) is 0 Å². The van der Waals surface area contributed by atoms with Gasteiger partial charge in [0.15, 0.2) is 0 Å². The summed E-state index contributed by atoms with van der Waals surface area (Å²) in [6.45, 7) is 5.20. The summed E-state index contributed by atoms with van der Waals surface area (Å²) in [4.78, 5) is 22.5. The molecule has 0 spiro atoms. The number of thioether (sulfide) groups is 1. The molecule has 0 aliphatic rings. The molecule has 7 heteroatoms. The zero-order valence-electron chi connectivity index (χ0n) is 11.6. The van der Waals surface area contributed by atoms with Crippen LogP contribution < -0.4 is 5.32 Å². The maximum Gasteiger partial charge on any atom is 0.408 e. The number of amides is 1. The standard InChI is InChI=1S/C12H22BrNO4S/c1-12(2,3)18-11(17)14-9(10(15)16)5-8-19-7-4-6-13/h9H,4-8H2,1-3H3,(H,14,17)(H,15,16)/t9-/m0/s1. The van der Waals surface area contributed by atoms with Gasteiger partial charge in [0.25, 0.3) is 0 Å². The summed E-state index contributed by atoms with van der Waals surface area (Å²) < 4.78 is 5.04. The van der Waals surface area contributed by atoms with Crippen LogP contribution in [0, 0.1) is 0 Å². The lowest BCUT2D eigenvalue weighted by molar-refractivity contribution is -0.139. The van der Waals surface area contributed by atoms with Gasteiger partial charge in [-0.15, -0.1) is 0 Å². The van der Waals surface area contributed by atoms with Gasteiger partial charge in [0.1, 0.15) is 11.6 Å². The van der Waals surface area contributed by atoms with Gasteiger partial charge in [-0.2, -0.15) is 11.8 Å².